The first kappa shape index (κ1) is 14.1. The quantitative estimate of drug-likeness (QED) is 0.919. The zero-order chi connectivity index (χ0) is 14.8. The first-order chi connectivity index (χ1) is 9.45. The summed E-state index contributed by atoms with van der Waals surface area (Å²) < 4.78 is 31.0. The minimum Gasteiger partial charge on any atom is -0.497 e. The fraction of sp³-hybridized carbons (Fsp3) is 0.154. The van der Waals surface area contributed by atoms with Crippen LogP contribution in [-0.2, 0) is 10.0 Å². The van der Waals surface area contributed by atoms with Crippen LogP contribution in [0.15, 0.2) is 52.3 Å². The molecule has 2 rings (SSSR count). The zero-order valence-electron chi connectivity index (χ0n) is 11.0. The summed E-state index contributed by atoms with van der Waals surface area (Å²) in [6, 6.07) is 9.14. The maximum absolute atomic E-state index is 12.4. The maximum atomic E-state index is 12.4. The van der Waals surface area contributed by atoms with Crippen LogP contribution in [0.2, 0.25) is 0 Å². The lowest BCUT2D eigenvalue weighted by Gasteiger charge is -2.19. The summed E-state index contributed by atoms with van der Waals surface area (Å²) in [4.78, 5) is 13.4. The summed E-state index contributed by atoms with van der Waals surface area (Å²) >= 11 is 0. The number of benzene rings is 1. The average molecular weight is 294 g/mol. The number of aromatic amines is 1. The van der Waals surface area contributed by atoms with Crippen LogP contribution in [0.4, 0.5) is 5.69 Å². The van der Waals surface area contributed by atoms with E-state index < -0.39 is 10.0 Å². The molecule has 0 saturated carbocycles. The van der Waals surface area contributed by atoms with E-state index in [1.165, 1.54) is 32.5 Å². The number of hydrogen-bond acceptors (Lipinski definition) is 4. The second-order valence-corrected chi connectivity index (χ2v) is 6.03. The second kappa shape index (κ2) is 5.38. The third kappa shape index (κ3) is 2.67. The zero-order valence-corrected chi connectivity index (χ0v) is 11.8. The normalized spacial score (nSPS) is 11.1. The van der Waals surface area contributed by atoms with Gasteiger partial charge in [-0.05, 0) is 18.2 Å². The van der Waals surface area contributed by atoms with Crippen LogP contribution in [0.25, 0.3) is 0 Å². The molecule has 0 unspecified atom stereocenters. The van der Waals surface area contributed by atoms with E-state index in [1.54, 1.807) is 24.3 Å². The SMILES string of the molecule is COc1cccc(N(C)S(=O)(=O)c2ccc(=O)[nH]c2)c1. The van der Waals surface area contributed by atoms with Crippen LogP contribution in [-0.4, -0.2) is 27.6 Å². The Balaban J connectivity index is 2.42. The topological polar surface area (TPSA) is 79.5 Å². The Morgan fingerprint density at radius 1 is 1.20 bits per heavy atom. The minimum absolute atomic E-state index is 0.0161. The molecule has 1 N–H and O–H groups in total. The van der Waals surface area contributed by atoms with Gasteiger partial charge in [0.05, 0.1) is 12.8 Å². The standard InChI is InChI=1S/C13H14N2O4S/c1-15(10-4-3-5-11(8-10)19-2)20(17,18)12-6-7-13(16)14-9-12/h3-9H,1-2H3,(H,14,16). The highest BCUT2D eigenvalue weighted by Gasteiger charge is 2.21. The van der Waals surface area contributed by atoms with Crippen LogP contribution >= 0.6 is 0 Å². The van der Waals surface area contributed by atoms with Gasteiger partial charge in [0.25, 0.3) is 10.0 Å². The van der Waals surface area contributed by atoms with E-state index in [0.717, 1.165) is 4.31 Å². The van der Waals surface area contributed by atoms with E-state index in [4.69, 9.17) is 4.74 Å². The Kier molecular flexibility index (Phi) is 3.80. The number of hydrogen-bond donors (Lipinski definition) is 1. The maximum Gasteiger partial charge on any atom is 0.265 e. The molecule has 106 valence electrons. The van der Waals surface area contributed by atoms with E-state index in [1.807, 2.05) is 0 Å². The predicted octanol–water partition coefficient (Wildman–Crippen LogP) is 1.21. The van der Waals surface area contributed by atoms with Gasteiger partial charge in [0.15, 0.2) is 0 Å². The van der Waals surface area contributed by atoms with Crippen molar-refractivity contribution in [3.63, 3.8) is 0 Å². The van der Waals surface area contributed by atoms with Crippen molar-refractivity contribution in [1.29, 1.82) is 0 Å². The second-order valence-electron chi connectivity index (χ2n) is 4.06. The summed E-state index contributed by atoms with van der Waals surface area (Å²) in [6.45, 7) is 0. The molecule has 0 spiro atoms. The van der Waals surface area contributed by atoms with Gasteiger partial charge >= 0.3 is 0 Å². The van der Waals surface area contributed by atoms with E-state index in [-0.39, 0.29) is 10.5 Å². The predicted molar refractivity (Wildman–Crippen MR) is 75.6 cm³/mol. The molecule has 0 fully saturated rings. The number of rotatable bonds is 4. The van der Waals surface area contributed by atoms with Crippen LogP contribution < -0.4 is 14.6 Å². The fourth-order valence-corrected chi connectivity index (χ4v) is 2.82. The van der Waals surface area contributed by atoms with Crippen LogP contribution in [0.1, 0.15) is 0 Å². The molecular formula is C13H14N2O4S. The lowest BCUT2D eigenvalue weighted by molar-refractivity contribution is 0.415. The van der Waals surface area contributed by atoms with E-state index in [0.29, 0.717) is 11.4 Å². The summed E-state index contributed by atoms with van der Waals surface area (Å²) in [5.41, 5.74) is 0.114. The molecule has 0 aliphatic rings. The Hall–Kier alpha value is -2.28. The number of anilines is 1. The minimum atomic E-state index is -3.73. The smallest absolute Gasteiger partial charge is 0.265 e. The summed E-state index contributed by atoms with van der Waals surface area (Å²) in [6.07, 6.45) is 1.17. The molecule has 0 atom stereocenters. The molecule has 2 aromatic rings. The Labute approximate surface area is 116 Å². The monoisotopic (exact) mass is 294 g/mol. The van der Waals surface area contributed by atoms with Gasteiger partial charge in [-0.2, -0.15) is 0 Å². The highest BCUT2D eigenvalue weighted by molar-refractivity contribution is 7.92. The number of methoxy groups -OCH3 is 1. The van der Waals surface area contributed by atoms with Crippen molar-refractivity contribution in [3.05, 3.63) is 52.9 Å². The molecule has 20 heavy (non-hydrogen) atoms. The molecule has 1 aromatic carbocycles. The van der Waals surface area contributed by atoms with Gasteiger partial charge in [-0.1, -0.05) is 6.07 Å². The van der Waals surface area contributed by atoms with Crippen LogP contribution in [0, 0.1) is 0 Å². The van der Waals surface area contributed by atoms with Gasteiger partial charge < -0.3 is 9.72 Å². The van der Waals surface area contributed by atoms with Crippen molar-refractivity contribution in [3.8, 4) is 5.75 Å². The van der Waals surface area contributed by atoms with Gasteiger partial charge in [-0.3, -0.25) is 9.10 Å². The molecule has 0 saturated heterocycles. The molecule has 0 aliphatic heterocycles. The van der Waals surface area contributed by atoms with E-state index in [2.05, 4.69) is 4.98 Å². The number of ether oxygens (including phenoxy) is 1. The molecule has 0 amide bonds. The number of nitrogens with one attached hydrogen (secondary N) is 1. The van der Waals surface area contributed by atoms with Gasteiger partial charge in [-0.25, -0.2) is 8.42 Å². The van der Waals surface area contributed by atoms with Crippen molar-refractivity contribution >= 4 is 15.7 Å². The molecule has 1 heterocycles. The van der Waals surface area contributed by atoms with Gasteiger partial charge in [0.1, 0.15) is 10.6 Å². The first-order valence-corrected chi connectivity index (χ1v) is 7.21. The van der Waals surface area contributed by atoms with Gasteiger partial charge in [-0.15, -0.1) is 0 Å². The largest absolute Gasteiger partial charge is 0.497 e. The lowest BCUT2D eigenvalue weighted by atomic mass is 10.3. The third-order valence-corrected chi connectivity index (χ3v) is 4.61. The summed E-state index contributed by atoms with van der Waals surface area (Å²) in [5.74, 6) is 0.561. The van der Waals surface area contributed by atoms with Gasteiger partial charge in [0.2, 0.25) is 5.56 Å². The number of aromatic nitrogens is 1. The van der Waals surface area contributed by atoms with Gasteiger partial charge in [0, 0.05) is 25.4 Å². The third-order valence-electron chi connectivity index (χ3n) is 2.83. The average Bonchev–Trinajstić information content (AvgIpc) is 2.47. The lowest BCUT2D eigenvalue weighted by Crippen LogP contribution is -2.27. The molecule has 6 nitrogen and oxygen atoms in total. The Morgan fingerprint density at radius 3 is 2.55 bits per heavy atom. The molecule has 0 radical (unpaired) electrons. The number of H-pyrrole nitrogens is 1. The number of pyridine rings is 1. The van der Waals surface area contributed by atoms with Crippen molar-refractivity contribution in [2.45, 2.75) is 4.90 Å². The van der Waals surface area contributed by atoms with Crippen molar-refractivity contribution in [1.82, 2.24) is 4.98 Å². The van der Waals surface area contributed by atoms with Crippen molar-refractivity contribution in [2.75, 3.05) is 18.5 Å². The Bertz CT molecular complexity index is 747. The van der Waals surface area contributed by atoms with Crippen LogP contribution in [0.3, 0.4) is 0 Å². The number of sulfonamides is 1. The molecular weight excluding hydrogens is 280 g/mol. The molecule has 7 heteroatoms. The van der Waals surface area contributed by atoms with E-state index in [9.17, 15) is 13.2 Å². The molecule has 1 aromatic heterocycles. The summed E-state index contributed by atoms with van der Waals surface area (Å²) in [7, 11) is -0.777. The molecule has 0 aliphatic carbocycles. The highest BCUT2D eigenvalue weighted by Crippen LogP contribution is 2.24. The van der Waals surface area contributed by atoms with E-state index >= 15 is 0 Å². The highest BCUT2D eigenvalue weighted by atomic mass is 32.2. The van der Waals surface area contributed by atoms with Crippen molar-refractivity contribution in [2.24, 2.45) is 0 Å². The fourth-order valence-electron chi connectivity index (χ4n) is 1.66. The summed E-state index contributed by atoms with van der Waals surface area (Å²) in [5, 5.41) is 0. The molecule has 0 bridgehead atoms. The first-order valence-electron chi connectivity index (χ1n) is 5.77. The van der Waals surface area contributed by atoms with Crippen molar-refractivity contribution < 1.29 is 13.2 Å². The van der Waals surface area contributed by atoms with Crippen LogP contribution in [0.5, 0.6) is 5.75 Å². The number of nitrogens with zero attached hydrogens (tertiary/aromatic N) is 1. The Morgan fingerprint density at radius 2 is 1.95 bits per heavy atom.